The molecule has 1 aliphatic heterocycles. The second kappa shape index (κ2) is 7.28. The average molecular weight is 266 g/mol. The smallest absolute Gasteiger partial charge is 0.226 e. The summed E-state index contributed by atoms with van der Waals surface area (Å²) in [5.41, 5.74) is 5.86. The van der Waals surface area contributed by atoms with Gasteiger partial charge in [0.05, 0.1) is 0 Å². The van der Waals surface area contributed by atoms with Crippen LogP contribution in [-0.2, 0) is 4.79 Å². The number of carbonyl (C=O) groups is 1. The van der Waals surface area contributed by atoms with E-state index in [1.807, 2.05) is 0 Å². The molecule has 1 saturated carbocycles. The van der Waals surface area contributed by atoms with Crippen molar-refractivity contribution in [2.75, 3.05) is 19.6 Å². The molecule has 1 saturated heterocycles. The molecule has 2 N–H and O–H groups in total. The fourth-order valence-corrected chi connectivity index (χ4v) is 3.84. The Kier molecular flexibility index (Phi) is 5.68. The van der Waals surface area contributed by atoms with Crippen LogP contribution in [0.1, 0.15) is 58.3 Å². The van der Waals surface area contributed by atoms with E-state index in [4.69, 9.17) is 5.73 Å². The maximum Gasteiger partial charge on any atom is 0.226 e. The maximum absolute atomic E-state index is 12.7. The first kappa shape index (κ1) is 14.8. The Hall–Kier alpha value is -0.570. The van der Waals surface area contributed by atoms with Crippen LogP contribution in [0.25, 0.3) is 0 Å². The number of carbonyl (C=O) groups excluding carboxylic acids is 1. The molecule has 2 rings (SSSR count). The molecule has 110 valence electrons. The summed E-state index contributed by atoms with van der Waals surface area (Å²) < 4.78 is 0. The van der Waals surface area contributed by atoms with Crippen molar-refractivity contribution in [3.63, 3.8) is 0 Å². The van der Waals surface area contributed by atoms with Crippen molar-refractivity contribution in [1.29, 1.82) is 0 Å². The summed E-state index contributed by atoms with van der Waals surface area (Å²) in [6.07, 6.45) is 9.61. The topological polar surface area (TPSA) is 46.3 Å². The molecular formula is C16H30N2O. The van der Waals surface area contributed by atoms with Gasteiger partial charge in [-0.25, -0.2) is 0 Å². The van der Waals surface area contributed by atoms with Crippen molar-refractivity contribution in [3.8, 4) is 0 Å². The van der Waals surface area contributed by atoms with E-state index in [0.717, 1.165) is 31.8 Å². The number of nitrogens with two attached hydrogens (primary N) is 1. The SMILES string of the molecule is CCC1CCCN(C(=O)C2CCCCC2CN)CC1. The quantitative estimate of drug-likeness (QED) is 0.854. The Morgan fingerprint density at radius 2 is 1.89 bits per heavy atom. The predicted molar refractivity (Wildman–Crippen MR) is 78.7 cm³/mol. The number of rotatable bonds is 3. The third-order valence-electron chi connectivity index (χ3n) is 5.27. The van der Waals surface area contributed by atoms with E-state index in [0.29, 0.717) is 18.4 Å². The van der Waals surface area contributed by atoms with Gasteiger partial charge in [-0.2, -0.15) is 0 Å². The monoisotopic (exact) mass is 266 g/mol. The van der Waals surface area contributed by atoms with Crippen LogP contribution in [0.3, 0.4) is 0 Å². The molecule has 2 aliphatic rings. The lowest BCUT2D eigenvalue weighted by Crippen LogP contribution is -2.42. The highest BCUT2D eigenvalue weighted by Crippen LogP contribution is 2.32. The lowest BCUT2D eigenvalue weighted by molar-refractivity contribution is -0.138. The average Bonchev–Trinajstić information content (AvgIpc) is 2.71. The molecule has 3 heteroatoms. The third kappa shape index (κ3) is 3.71. The van der Waals surface area contributed by atoms with Crippen molar-refractivity contribution < 1.29 is 4.79 Å². The van der Waals surface area contributed by atoms with Gasteiger partial charge in [-0.3, -0.25) is 4.79 Å². The van der Waals surface area contributed by atoms with Crippen molar-refractivity contribution in [2.45, 2.75) is 58.3 Å². The molecule has 0 aromatic heterocycles. The van der Waals surface area contributed by atoms with Crippen LogP contribution in [0.2, 0.25) is 0 Å². The van der Waals surface area contributed by atoms with Crippen LogP contribution in [0, 0.1) is 17.8 Å². The summed E-state index contributed by atoms with van der Waals surface area (Å²) in [6.45, 7) is 4.91. The highest BCUT2D eigenvalue weighted by molar-refractivity contribution is 5.79. The predicted octanol–water partition coefficient (Wildman–Crippen LogP) is 2.79. The zero-order valence-corrected chi connectivity index (χ0v) is 12.4. The highest BCUT2D eigenvalue weighted by atomic mass is 16.2. The first-order valence-electron chi connectivity index (χ1n) is 8.25. The molecule has 19 heavy (non-hydrogen) atoms. The molecule has 3 atom stereocenters. The Morgan fingerprint density at radius 3 is 2.63 bits per heavy atom. The molecule has 3 nitrogen and oxygen atoms in total. The number of hydrogen-bond donors (Lipinski definition) is 1. The van der Waals surface area contributed by atoms with Gasteiger partial charge in [0.1, 0.15) is 0 Å². The van der Waals surface area contributed by atoms with Crippen LogP contribution in [-0.4, -0.2) is 30.4 Å². The number of nitrogens with zero attached hydrogens (tertiary/aromatic N) is 1. The normalized spacial score (nSPS) is 32.9. The Bertz CT molecular complexity index is 292. The second-order valence-corrected chi connectivity index (χ2v) is 6.42. The fraction of sp³-hybridized carbons (Fsp3) is 0.938. The molecule has 0 aromatic rings. The van der Waals surface area contributed by atoms with Crippen molar-refractivity contribution in [2.24, 2.45) is 23.5 Å². The Balaban J connectivity index is 1.94. The van der Waals surface area contributed by atoms with Gasteiger partial charge < -0.3 is 10.6 Å². The summed E-state index contributed by atoms with van der Waals surface area (Å²) in [5, 5.41) is 0. The van der Waals surface area contributed by atoms with Crippen LogP contribution < -0.4 is 5.73 Å². The van der Waals surface area contributed by atoms with Crippen molar-refractivity contribution in [3.05, 3.63) is 0 Å². The third-order valence-corrected chi connectivity index (χ3v) is 5.27. The summed E-state index contributed by atoms with van der Waals surface area (Å²) in [5.74, 6) is 1.89. The van der Waals surface area contributed by atoms with Gasteiger partial charge in [-0.1, -0.05) is 26.2 Å². The number of hydrogen-bond acceptors (Lipinski definition) is 2. The summed E-state index contributed by atoms with van der Waals surface area (Å²) in [4.78, 5) is 14.9. The molecule has 1 amide bonds. The molecule has 0 radical (unpaired) electrons. The molecule has 1 aliphatic carbocycles. The molecule has 3 unspecified atom stereocenters. The van der Waals surface area contributed by atoms with Crippen LogP contribution in [0.5, 0.6) is 0 Å². The minimum Gasteiger partial charge on any atom is -0.342 e. The van der Waals surface area contributed by atoms with E-state index < -0.39 is 0 Å². The van der Waals surface area contributed by atoms with Crippen LogP contribution in [0.15, 0.2) is 0 Å². The van der Waals surface area contributed by atoms with E-state index in [1.54, 1.807) is 0 Å². The van der Waals surface area contributed by atoms with Gasteiger partial charge in [0.15, 0.2) is 0 Å². The van der Waals surface area contributed by atoms with Gasteiger partial charge in [-0.05, 0) is 50.5 Å². The maximum atomic E-state index is 12.7. The van der Waals surface area contributed by atoms with Gasteiger partial charge in [0.25, 0.3) is 0 Å². The molecule has 0 spiro atoms. The number of amides is 1. The summed E-state index contributed by atoms with van der Waals surface area (Å²) >= 11 is 0. The van der Waals surface area contributed by atoms with Gasteiger partial charge in [-0.15, -0.1) is 0 Å². The summed E-state index contributed by atoms with van der Waals surface area (Å²) in [7, 11) is 0. The van der Waals surface area contributed by atoms with Gasteiger partial charge in [0.2, 0.25) is 5.91 Å². The standard InChI is InChI=1S/C16H30N2O/c1-2-13-6-5-10-18(11-9-13)16(19)15-8-4-3-7-14(15)12-17/h13-15H,2-12,17H2,1H3. The van der Waals surface area contributed by atoms with Gasteiger partial charge in [0, 0.05) is 19.0 Å². The Morgan fingerprint density at radius 1 is 1.11 bits per heavy atom. The highest BCUT2D eigenvalue weighted by Gasteiger charge is 2.33. The van der Waals surface area contributed by atoms with Gasteiger partial charge >= 0.3 is 0 Å². The largest absolute Gasteiger partial charge is 0.342 e. The lowest BCUT2D eigenvalue weighted by Gasteiger charge is -2.34. The fourth-order valence-electron chi connectivity index (χ4n) is 3.84. The summed E-state index contributed by atoms with van der Waals surface area (Å²) in [6, 6.07) is 0. The van der Waals surface area contributed by atoms with E-state index in [9.17, 15) is 4.79 Å². The molecular weight excluding hydrogens is 236 g/mol. The van der Waals surface area contributed by atoms with E-state index in [1.165, 1.54) is 38.5 Å². The zero-order valence-electron chi connectivity index (χ0n) is 12.4. The van der Waals surface area contributed by atoms with E-state index >= 15 is 0 Å². The second-order valence-electron chi connectivity index (χ2n) is 6.42. The molecule has 0 bridgehead atoms. The molecule has 0 aromatic carbocycles. The van der Waals surface area contributed by atoms with Crippen LogP contribution >= 0.6 is 0 Å². The van der Waals surface area contributed by atoms with E-state index in [2.05, 4.69) is 11.8 Å². The molecule has 1 heterocycles. The lowest BCUT2D eigenvalue weighted by atomic mass is 9.78. The van der Waals surface area contributed by atoms with Crippen molar-refractivity contribution in [1.82, 2.24) is 4.90 Å². The minimum atomic E-state index is 0.219. The zero-order chi connectivity index (χ0) is 13.7. The first-order valence-corrected chi connectivity index (χ1v) is 8.25. The van der Waals surface area contributed by atoms with E-state index in [-0.39, 0.29) is 5.92 Å². The molecule has 2 fully saturated rings. The number of likely N-dealkylation sites (tertiary alicyclic amines) is 1. The Labute approximate surface area is 117 Å². The van der Waals surface area contributed by atoms with Crippen molar-refractivity contribution >= 4 is 5.91 Å². The first-order chi connectivity index (χ1) is 9.26. The minimum absolute atomic E-state index is 0.219. The van der Waals surface area contributed by atoms with Crippen LogP contribution in [0.4, 0.5) is 0 Å².